The van der Waals surface area contributed by atoms with Gasteiger partial charge in [-0.25, -0.2) is 9.97 Å². The normalized spacial score (nSPS) is 24.0. The maximum Gasteiger partial charge on any atom is 0.115 e. The van der Waals surface area contributed by atoms with Crippen molar-refractivity contribution in [3.05, 3.63) is 24.3 Å². The predicted molar refractivity (Wildman–Crippen MR) is 83.8 cm³/mol. The van der Waals surface area contributed by atoms with Crippen LogP contribution in [-0.2, 0) is 0 Å². The number of hydrogen-bond acceptors (Lipinski definition) is 5. The molecule has 0 aliphatic carbocycles. The fourth-order valence-corrected chi connectivity index (χ4v) is 3.80. The number of rotatable bonds is 4. The van der Waals surface area contributed by atoms with Gasteiger partial charge in [0.1, 0.15) is 6.33 Å². The van der Waals surface area contributed by atoms with Gasteiger partial charge in [-0.1, -0.05) is 6.42 Å². The summed E-state index contributed by atoms with van der Waals surface area (Å²) in [6, 6.07) is 3.02. The van der Waals surface area contributed by atoms with Crippen LogP contribution in [-0.4, -0.2) is 58.5 Å². The van der Waals surface area contributed by atoms with Crippen molar-refractivity contribution < 1.29 is 0 Å². The molecule has 3 heterocycles. The summed E-state index contributed by atoms with van der Waals surface area (Å²) < 4.78 is 0. The molecule has 116 valence electrons. The Bertz CT molecular complexity index is 410. The molecule has 3 rings (SSSR count). The molecule has 0 saturated carbocycles. The Balaban J connectivity index is 1.56. The van der Waals surface area contributed by atoms with Gasteiger partial charge in [-0.2, -0.15) is 0 Å². The summed E-state index contributed by atoms with van der Waals surface area (Å²) in [5.41, 5.74) is 7.06. The molecule has 1 aromatic rings. The van der Waals surface area contributed by atoms with Gasteiger partial charge in [0.15, 0.2) is 0 Å². The standard InChI is InChI=1S/C16H27N5/c17-12-16(15-4-7-18-13-19-15)21-10-5-14(6-11-21)20-8-2-1-3-9-20/h4,7,13-14,16H,1-3,5-6,8-12,17H2. The number of piperidine rings is 2. The van der Waals surface area contributed by atoms with Crippen molar-refractivity contribution in [3.8, 4) is 0 Å². The summed E-state index contributed by atoms with van der Waals surface area (Å²) in [5.74, 6) is 0. The molecule has 2 fully saturated rings. The van der Waals surface area contributed by atoms with E-state index >= 15 is 0 Å². The lowest BCUT2D eigenvalue weighted by molar-refractivity contribution is 0.0726. The average molecular weight is 289 g/mol. The monoisotopic (exact) mass is 289 g/mol. The molecule has 2 saturated heterocycles. The van der Waals surface area contributed by atoms with Gasteiger partial charge < -0.3 is 10.6 Å². The fraction of sp³-hybridized carbons (Fsp3) is 0.750. The SMILES string of the molecule is NCC(c1ccncn1)N1CCC(N2CCCCC2)CC1. The van der Waals surface area contributed by atoms with E-state index in [2.05, 4.69) is 19.8 Å². The fourth-order valence-electron chi connectivity index (χ4n) is 3.80. The van der Waals surface area contributed by atoms with Crippen molar-refractivity contribution in [2.24, 2.45) is 5.73 Å². The van der Waals surface area contributed by atoms with Crippen LogP contribution in [0.1, 0.15) is 43.8 Å². The van der Waals surface area contributed by atoms with Crippen molar-refractivity contribution in [2.75, 3.05) is 32.7 Å². The third-order valence-electron chi connectivity index (χ3n) is 5.02. The molecule has 2 aliphatic rings. The lowest BCUT2D eigenvalue weighted by Gasteiger charge is -2.42. The largest absolute Gasteiger partial charge is 0.329 e. The van der Waals surface area contributed by atoms with E-state index in [4.69, 9.17) is 5.73 Å². The quantitative estimate of drug-likeness (QED) is 0.908. The number of nitrogens with two attached hydrogens (primary N) is 1. The molecule has 1 aromatic heterocycles. The molecule has 2 N–H and O–H groups in total. The molecule has 5 heteroatoms. The van der Waals surface area contributed by atoms with E-state index < -0.39 is 0 Å². The Kier molecular flexibility index (Phi) is 5.17. The van der Waals surface area contributed by atoms with Gasteiger partial charge in [0.25, 0.3) is 0 Å². The van der Waals surface area contributed by atoms with Gasteiger partial charge in [0.05, 0.1) is 11.7 Å². The van der Waals surface area contributed by atoms with Crippen LogP contribution in [0.4, 0.5) is 0 Å². The Hall–Kier alpha value is -1.04. The molecule has 0 amide bonds. The van der Waals surface area contributed by atoms with Crippen LogP contribution in [0.25, 0.3) is 0 Å². The van der Waals surface area contributed by atoms with E-state index in [0.29, 0.717) is 6.54 Å². The number of aromatic nitrogens is 2. The molecule has 2 aliphatic heterocycles. The van der Waals surface area contributed by atoms with Gasteiger partial charge in [0, 0.05) is 31.9 Å². The van der Waals surface area contributed by atoms with Crippen molar-refractivity contribution >= 4 is 0 Å². The zero-order chi connectivity index (χ0) is 14.5. The van der Waals surface area contributed by atoms with Gasteiger partial charge in [0.2, 0.25) is 0 Å². The van der Waals surface area contributed by atoms with Gasteiger partial charge in [-0.3, -0.25) is 4.90 Å². The van der Waals surface area contributed by atoms with Crippen LogP contribution < -0.4 is 5.73 Å². The first-order valence-corrected chi connectivity index (χ1v) is 8.32. The maximum atomic E-state index is 6.00. The Labute approximate surface area is 127 Å². The van der Waals surface area contributed by atoms with Crippen LogP contribution in [0.3, 0.4) is 0 Å². The third-order valence-corrected chi connectivity index (χ3v) is 5.02. The van der Waals surface area contributed by atoms with E-state index in [1.54, 1.807) is 6.33 Å². The van der Waals surface area contributed by atoms with E-state index in [9.17, 15) is 0 Å². The molecular weight excluding hydrogens is 262 g/mol. The zero-order valence-electron chi connectivity index (χ0n) is 12.8. The lowest BCUT2D eigenvalue weighted by atomic mass is 9.98. The first-order chi connectivity index (χ1) is 10.4. The van der Waals surface area contributed by atoms with Gasteiger partial charge >= 0.3 is 0 Å². The summed E-state index contributed by atoms with van der Waals surface area (Å²) in [6.45, 7) is 5.50. The summed E-state index contributed by atoms with van der Waals surface area (Å²) >= 11 is 0. The van der Waals surface area contributed by atoms with E-state index in [1.165, 1.54) is 45.2 Å². The second-order valence-corrected chi connectivity index (χ2v) is 6.25. The molecular formula is C16H27N5. The minimum atomic E-state index is 0.246. The number of hydrogen-bond donors (Lipinski definition) is 1. The summed E-state index contributed by atoms with van der Waals surface area (Å²) in [4.78, 5) is 13.6. The van der Waals surface area contributed by atoms with E-state index in [-0.39, 0.29) is 6.04 Å². The molecule has 0 radical (unpaired) electrons. The molecule has 5 nitrogen and oxygen atoms in total. The van der Waals surface area contributed by atoms with Crippen LogP contribution in [0.15, 0.2) is 18.6 Å². The lowest BCUT2D eigenvalue weighted by Crippen LogP contribution is -2.48. The summed E-state index contributed by atoms with van der Waals surface area (Å²) in [6.07, 6.45) is 10.1. The molecule has 1 atom stereocenters. The molecule has 1 unspecified atom stereocenters. The third kappa shape index (κ3) is 3.59. The average Bonchev–Trinajstić information content (AvgIpc) is 2.58. The van der Waals surface area contributed by atoms with Crippen LogP contribution in [0.2, 0.25) is 0 Å². The zero-order valence-corrected chi connectivity index (χ0v) is 12.8. The van der Waals surface area contributed by atoms with E-state index in [0.717, 1.165) is 24.8 Å². The molecule has 0 bridgehead atoms. The summed E-state index contributed by atoms with van der Waals surface area (Å²) in [7, 11) is 0. The van der Waals surface area contributed by atoms with E-state index in [1.807, 2.05) is 12.3 Å². The Morgan fingerprint density at radius 2 is 1.90 bits per heavy atom. The first kappa shape index (κ1) is 14.9. The number of likely N-dealkylation sites (tertiary alicyclic amines) is 2. The maximum absolute atomic E-state index is 6.00. The second kappa shape index (κ2) is 7.29. The van der Waals surface area contributed by atoms with Crippen LogP contribution in [0.5, 0.6) is 0 Å². The first-order valence-electron chi connectivity index (χ1n) is 8.32. The Morgan fingerprint density at radius 3 is 2.52 bits per heavy atom. The van der Waals surface area contributed by atoms with Crippen molar-refractivity contribution in [2.45, 2.75) is 44.2 Å². The molecule has 0 aromatic carbocycles. The second-order valence-electron chi connectivity index (χ2n) is 6.25. The van der Waals surface area contributed by atoms with Crippen molar-refractivity contribution in [3.63, 3.8) is 0 Å². The smallest absolute Gasteiger partial charge is 0.115 e. The minimum Gasteiger partial charge on any atom is -0.329 e. The van der Waals surface area contributed by atoms with Crippen LogP contribution in [0, 0.1) is 0 Å². The minimum absolute atomic E-state index is 0.246. The highest BCUT2D eigenvalue weighted by Gasteiger charge is 2.29. The van der Waals surface area contributed by atoms with Crippen molar-refractivity contribution in [1.29, 1.82) is 0 Å². The van der Waals surface area contributed by atoms with Gasteiger partial charge in [-0.15, -0.1) is 0 Å². The topological polar surface area (TPSA) is 58.3 Å². The summed E-state index contributed by atoms with van der Waals surface area (Å²) in [5, 5.41) is 0. The molecule has 0 spiro atoms. The molecule has 21 heavy (non-hydrogen) atoms. The van der Waals surface area contributed by atoms with Crippen molar-refractivity contribution in [1.82, 2.24) is 19.8 Å². The highest BCUT2D eigenvalue weighted by atomic mass is 15.2. The van der Waals surface area contributed by atoms with Crippen LogP contribution >= 0.6 is 0 Å². The number of nitrogens with zero attached hydrogens (tertiary/aromatic N) is 4. The highest BCUT2D eigenvalue weighted by molar-refractivity contribution is 5.06. The predicted octanol–water partition coefficient (Wildman–Crippen LogP) is 1.43. The Morgan fingerprint density at radius 1 is 1.14 bits per heavy atom. The van der Waals surface area contributed by atoms with Gasteiger partial charge in [-0.05, 0) is 44.8 Å². The highest BCUT2D eigenvalue weighted by Crippen LogP contribution is 2.26.